The molecule has 0 saturated carbocycles. The van der Waals surface area contributed by atoms with E-state index in [2.05, 4.69) is 10.2 Å². The zero-order valence-corrected chi connectivity index (χ0v) is 12.1. The van der Waals surface area contributed by atoms with Crippen molar-refractivity contribution in [1.29, 1.82) is 0 Å². The number of piperidine rings is 1. The van der Waals surface area contributed by atoms with E-state index in [0.717, 1.165) is 6.42 Å². The van der Waals surface area contributed by atoms with Crippen LogP contribution in [0.2, 0.25) is 0 Å². The predicted octanol–water partition coefficient (Wildman–Crippen LogP) is 1.26. The van der Waals surface area contributed by atoms with Crippen LogP contribution in [0, 0.1) is 5.92 Å². The number of Topliss-reactive ketones (excluding diaryl/α,β-unsaturated/α-hetero) is 2. The first kappa shape index (κ1) is 13.9. The fraction of sp³-hybridized carbons (Fsp3) is 0.533. The number of fused-ring (bicyclic) bond motifs is 2. The quantitative estimate of drug-likeness (QED) is 0.818. The van der Waals surface area contributed by atoms with E-state index in [4.69, 9.17) is 0 Å². The number of hydrogen-bond acceptors (Lipinski definition) is 5. The summed E-state index contributed by atoms with van der Waals surface area (Å²) in [6.45, 7) is 3.64. The van der Waals surface area contributed by atoms with Crippen molar-refractivity contribution in [3.05, 3.63) is 23.5 Å². The van der Waals surface area contributed by atoms with Crippen LogP contribution in [0.5, 0.6) is 0 Å². The number of rotatable bonds is 2. The van der Waals surface area contributed by atoms with Gasteiger partial charge in [-0.3, -0.25) is 14.4 Å². The molecule has 0 N–H and O–H groups in total. The molecule has 6 nitrogen and oxygen atoms in total. The van der Waals surface area contributed by atoms with Crippen molar-refractivity contribution in [2.24, 2.45) is 5.92 Å². The molecule has 1 saturated heterocycles. The third-order valence-corrected chi connectivity index (χ3v) is 4.29. The second-order valence-electron chi connectivity index (χ2n) is 5.91. The molecule has 0 aliphatic carbocycles. The number of amides is 1. The Labute approximate surface area is 122 Å². The third kappa shape index (κ3) is 2.05. The van der Waals surface area contributed by atoms with Gasteiger partial charge in [0.1, 0.15) is 0 Å². The summed E-state index contributed by atoms with van der Waals surface area (Å²) in [7, 11) is 0. The molecule has 1 aromatic heterocycles. The third-order valence-electron chi connectivity index (χ3n) is 4.29. The maximum atomic E-state index is 12.7. The number of carbonyl (C=O) groups is 3. The van der Waals surface area contributed by atoms with Gasteiger partial charge in [-0.2, -0.15) is 10.2 Å². The van der Waals surface area contributed by atoms with Crippen LogP contribution in [0.1, 0.15) is 53.8 Å². The first-order chi connectivity index (χ1) is 10.0. The normalized spacial score (nSPS) is 24.8. The van der Waals surface area contributed by atoms with Crippen LogP contribution in [0.4, 0.5) is 0 Å². The van der Waals surface area contributed by atoms with Crippen molar-refractivity contribution >= 4 is 17.5 Å². The predicted molar refractivity (Wildman–Crippen MR) is 73.8 cm³/mol. The Morgan fingerprint density at radius 2 is 1.86 bits per heavy atom. The van der Waals surface area contributed by atoms with Gasteiger partial charge in [0.05, 0.1) is 35.6 Å². The molecule has 21 heavy (non-hydrogen) atoms. The van der Waals surface area contributed by atoms with E-state index in [1.807, 2.05) is 13.8 Å². The van der Waals surface area contributed by atoms with Gasteiger partial charge >= 0.3 is 0 Å². The summed E-state index contributed by atoms with van der Waals surface area (Å²) in [5, 5.41) is 7.39. The van der Waals surface area contributed by atoms with Crippen LogP contribution < -0.4 is 0 Å². The highest BCUT2D eigenvalue weighted by Gasteiger charge is 2.46. The minimum absolute atomic E-state index is 0.0197. The summed E-state index contributed by atoms with van der Waals surface area (Å²) >= 11 is 0. The minimum atomic E-state index is -0.532. The van der Waals surface area contributed by atoms with E-state index in [1.54, 1.807) is 0 Å². The highest BCUT2D eigenvalue weighted by atomic mass is 16.2. The monoisotopic (exact) mass is 287 g/mol. The summed E-state index contributed by atoms with van der Waals surface area (Å²) in [5.74, 6) is -0.538. The van der Waals surface area contributed by atoms with E-state index in [1.165, 1.54) is 17.3 Å². The van der Waals surface area contributed by atoms with Crippen molar-refractivity contribution in [2.75, 3.05) is 0 Å². The van der Waals surface area contributed by atoms with Gasteiger partial charge in [-0.05, 0) is 19.3 Å². The summed E-state index contributed by atoms with van der Waals surface area (Å²) in [5.41, 5.74) is 0.587. The number of aromatic nitrogens is 2. The molecular formula is C15H17N3O3. The largest absolute Gasteiger partial charge is 0.318 e. The smallest absolute Gasteiger partial charge is 0.257 e. The molecule has 1 amide bonds. The molecule has 6 heteroatoms. The molecule has 110 valence electrons. The Morgan fingerprint density at radius 3 is 2.52 bits per heavy atom. The fourth-order valence-corrected chi connectivity index (χ4v) is 3.21. The van der Waals surface area contributed by atoms with Crippen LogP contribution in [-0.4, -0.2) is 44.7 Å². The second-order valence-corrected chi connectivity index (χ2v) is 5.91. The molecular weight excluding hydrogens is 270 g/mol. The average Bonchev–Trinajstić information content (AvgIpc) is 2.51. The summed E-state index contributed by atoms with van der Waals surface area (Å²) in [4.78, 5) is 39.1. The van der Waals surface area contributed by atoms with Crippen molar-refractivity contribution in [3.63, 3.8) is 0 Å². The van der Waals surface area contributed by atoms with Gasteiger partial charge in [-0.15, -0.1) is 0 Å². The number of hydrogen-bond donors (Lipinski definition) is 0. The molecule has 2 unspecified atom stereocenters. The Balaban J connectivity index is 2.06. The SMILES string of the molecule is CC(C)C(=O)C1CCCC2C(=O)c3cnncc3C(=O)N21. The van der Waals surface area contributed by atoms with Gasteiger partial charge in [0.2, 0.25) is 0 Å². The molecule has 2 aliphatic heterocycles. The number of carbonyl (C=O) groups excluding carboxylic acids is 3. The Morgan fingerprint density at radius 1 is 1.19 bits per heavy atom. The molecule has 3 heterocycles. The van der Waals surface area contributed by atoms with Gasteiger partial charge in [0.25, 0.3) is 5.91 Å². The Kier molecular flexibility index (Phi) is 3.31. The minimum Gasteiger partial charge on any atom is -0.318 e. The lowest BCUT2D eigenvalue weighted by atomic mass is 9.82. The topological polar surface area (TPSA) is 80.2 Å². The van der Waals surface area contributed by atoms with Crippen molar-refractivity contribution in [3.8, 4) is 0 Å². The number of ketones is 2. The van der Waals surface area contributed by atoms with Crippen LogP contribution in [-0.2, 0) is 4.79 Å². The highest BCUT2D eigenvalue weighted by molar-refractivity contribution is 6.16. The maximum Gasteiger partial charge on any atom is 0.257 e. The van der Waals surface area contributed by atoms with Crippen LogP contribution in [0.25, 0.3) is 0 Å². The van der Waals surface area contributed by atoms with Gasteiger partial charge in [-0.25, -0.2) is 0 Å². The second kappa shape index (κ2) is 5.02. The molecule has 1 aromatic rings. The zero-order chi connectivity index (χ0) is 15.1. The molecule has 0 spiro atoms. The summed E-state index contributed by atoms with van der Waals surface area (Å²) < 4.78 is 0. The Bertz CT molecular complexity index is 626. The van der Waals surface area contributed by atoms with Gasteiger partial charge in [0, 0.05) is 5.92 Å². The average molecular weight is 287 g/mol. The first-order valence-electron chi connectivity index (χ1n) is 7.23. The summed E-state index contributed by atoms with van der Waals surface area (Å²) in [6.07, 6.45) is 4.67. The van der Waals surface area contributed by atoms with E-state index in [-0.39, 0.29) is 29.0 Å². The first-order valence-corrected chi connectivity index (χ1v) is 7.23. The van der Waals surface area contributed by atoms with Crippen molar-refractivity contribution in [1.82, 2.24) is 15.1 Å². The van der Waals surface area contributed by atoms with Crippen LogP contribution in [0.15, 0.2) is 12.4 Å². The fourth-order valence-electron chi connectivity index (χ4n) is 3.21. The van der Waals surface area contributed by atoms with Crippen LogP contribution in [0.3, 0.4) is 0 Å². The molecule has 2 atom stereocenters. The van der Waals surface area contributed by atoms with E-state index >= 15 is 0 Å². The van der Waals surface area contributed by atoms with Gasteiger partial charge in [0.15, 0.2) is 11.6 Å². The molecule has 0 radical (unpaired) electrons. The van der Waals surface area contributed by atoms with E-state index in [0.29, 0.717) is 18.4 Å². The van der Waals surface area contributed by atoms with Crippen LogP contribution >= 0.6 is 0 Å². The molecule has 0 aromatic carbocycles. The number of nitrogens with zero attached hydrogens (tertiary/aromatic N) is 3. The lowest BCUT2D eigenvalue weighted by Gasteiger charge is -2.43. The van der Waals surface area contributed by atoms with E-state index in [9.17, 15) is 14.4 Å². The zero-order valence-electron chi connectivity index (χ0n) is 12.1. The standard InChI is InChI=1S/C15H17N3O3/c1-8(2)13(19)11-4-3-5-12-14(20)9-6-16-17-7-10(9)15(21)18(11)12/h6-8,11-12H,3-5H2,1-2H3. The maximum absolute atomic E-state index is 12.7. The lowest BCUT2D eigenvalue weighted by Crippen LogP contribution is -2.59. The van der Waals surface area contributed by atoms with E-state index < -0.39 is 12.1 Å². The molecule has 2 aliphatic rings. The molecule has 3 rings (SSSR count). The highest BCUT2D eigenvalue weighted by Crippen LogP contribution is 2.33. The van der Waals surface area contributed by atoms with Crippen molar-refractivity contribution in [2.45, 2.75) is 45.2 Å². The van der Waals surface area contributed by atoms with Crippen molar-refractivity contribution < 1.29 is 14.4 Å². The molecule has 0 bridgehead atoms. The van der Waals surface area contributed by atoms with Gasteiger partial charge in [-0.1, -0.05) is 13.8 Å². The van der Waals surface area contributed by atoms with Gasteiger partial charge < -0.3 is 4.90 Å². The Hall–Kier alpha value is -2.11. The lowest BCUT2D eigenvalue weighted by molar-refractivity contribution is -0.128. The summed E-state index contributed by atoms with van der Waals surface area (Å²) in [6, 6.07) is -1.03. The molecule has 1 fully saturated rings.